The van der Waals surface area contributed by atoms with E-state index in [1.807, 2.05) is 6.07 Å². The van der Waals surface area contributed by atoms with Crippen LogP contribution in [0, 0.1) is 5.92 Å². The summed E-state index contributed by atoms with van der Waals surface area (Å²) in [6.45, 7) is 3.03. The van der Waals surface area contributed by atoms with E-state index in [1.54, 1.807) is 30.3 Å². The van der Waals surface area contributed by atoms with E-state index in [9.17, 15) is 20.1 Å². The lowest BCUT2D eigenvalue weighted by Gasteiger charge is -2.35. The lowest BCUT2D eigenvalue weighted by atomic mass is 9.80. The molecule has 31 heavy (non-hydrogen) atoms. The minimum absolute atomic E-state index is 0. The number of aliphatic hydroxyl groups is 2. The van der Waals surface area contributed by atoms with Gasteiger partial charge in [0.05, 0.1) is 19.6 Å². The zero-order valence-corrected chi connectivity index (χ0v) is 19.7. The monoisotopic (exact) mass is 490 g/mol. The van der Waals surface area contributed by atoms with Crippen LogP contribution in [0.5, 0.6) is 0 Å². The summed E-state index contributed by atoms with van der Waals surface area (Å²) in [5, 5.41) is 31.2. The van der Waals surface area contributed by atoms with E-state index in [4.69, 9.17) is 0 Å². The summed E-state index contributed by atoms with van der Waals surface area (Å²) in [4.78, 5) is 11.2. The van der Waals surface area contributed by atoms with Crippen molar-refractivity contribution in [3.63, 3.8) is 0 Å². The SMILES string of the molecule is C[N+]1(Cc2ccccc2)CCC(O)C1.O=C([O-])C(O)(c1ccccc1)C1CCCC1.[Br-]. The number of aliphatic carboxylic acids is 1. The molecule has 0 aromatic heterocycles. The van der Waals surface area contributed by atoms with E-state index in [-0.39, 0.29) is 29.0 Å². The molecule has 0 bridgehead atoms. The maximum atomic E-state index is 11.2. The van der Waals surface area contributed by atoms with Crippen LogP contribution in [-0.4, -0.2) is 46.9 Å². The van der Waals surface area contributed by atoms with Crippen molar-refractivity contribution >= 4 is 5.97 Å². The van der Waals surface area contributed by atoms with E-state index < -0.39 is 11.6 Å². The van der Waals surface area contributed by atoms with Gasteiger partial charge in [-0.15, -0.1) is 0 Å². The molecule has 1 saturated carbocycles. The smallest absolute Gasteiger partial charge is 0.132 e. The minimum atomic E-state index is -1.82. The van der Waals surface area contributed by atoms with Crippen molar-refractivity contribution in [2.75, 3.05) is 20.1 Å². The Morgan fingerprint density at radius 2 is 1.58 bits per heavy atom. The van der Waals surface area contributed by atoms with Crippen LogP contribution in [0.4, 0.5) is 0 Å². The van der Waals surface area contributed by atoms with Gasteiger partial charge in [0, 0.05) is 12.0 Å². The lowest BCUT2D eigenvalue weighted by Crippen LogP contribution is -3.00. The summed E-state index contributed by atoms with van der Waals surface area (Å²) in [6, 6.07) is 19.1. The van der Waals surface area contributed by atoms with Gasteiger partial charge >= 0.3 is 0 Å². The highest BCUT2D eigenvalue weighted by Crippen LogP contribution is 2.40. The number of hydrogen-bond donors (Lipinski definition) is 2. The molecular formula is C25H33BrNO4-. The van der Waals surface area contributed by atoms with Crippen molar-refractivity contribution in [3.05, 3.63) is 71.8 Å². The fraction of sp³-hybridized carbons (Fsp3) is 0.480. The summed E-state index contributed by atoms with van der Waals surface area (Å²) in [5.41, 5.74) is -0.0244. The number of likely N-dealkylation sites (tertiary alicyclic amines) is 1. The van der Waals surface area contributed by atoms with Crippen molar-refractivity contribution in [3.8, 4) is 0 Å². The quantitative estimate of drug-likeness (QED) is 0.538. The number of carboxylic acid groups (broad SMARTS) is 1. The molecular weight excluding hydrogens is 458 g/mol. The van der Waals surface area contributed by atoms with Crippen molar-refractivity contribution in [1.82, 2.24) is 0 Å². The van der Waals surface area contributed by atoms with Gasteiger partial charge < -0.3 is 41.6 Å². The summed E-state index contributed by atoms with van der Waals surface area (Å²) < 4.78 is 0.977. The molecule has 3 unspecified atom stereocenters. The third kappa shape index (κ3) is 6.39. The highest BCUT2D eigenvalue weighted by atomic mass is 79.9. The molecule has 0 amide bonds. The molecule has 1 saturated heterocycles. The normalized spacial score (nSPS) is 25.1. The fourth-order valence-corrected chi connectivity index (χ4v) is 4.88. The third-order valence-electron chi connectivity index (χ3n) is 6.53. The molecule has 2 aromatic rings. The summed E-state index contributed by atoms with van der Waals surface area (Å²) >= 11 is 0. The highest BCUT2D eigenvalue weighted by molar-refractivity contribution is 5.77. The molecule has 3 atom stereocenters. The van der Waals surface area contributed by atoms with Gasteiger partial charge in [-0.25, -0.2) is 0 Å². The minimum Gasteiger partial charge on any atom is -1.00 e. The first-order valence-corrected chi connectivity index (χ1v) is 10.9. The van der Waals surface area contributed by atoms with E-state index >= 15 is 0 Å². The largest absolute Gasteiger partial charge is 1.00 e. The van der Waals surface area contributed by atoms with Gasteiger partial charge in [0.15, 0.2) is 0 Å². The summed E-state index contributed by atoms with van der Waals surface area (Å²) in [5.74, 6) is -1.61. The maximum Gasteiger partial charge on any atom is 0.132 e. The Bertz CT molecular complexity index is 813. The first-order chi connectivity index (χ1) is 14.3. The van der Waals surface area contributed by atoms with Crippen molar-refractivity contribution < 1.29 is 41.6 Å². The molecule has 2 N–H and O–H groups in total. The van der Waals surface area contributed by atoms with Gasteiger partial charge in [0.1, 0.15) is 24.8 Å². The van der Waals surface area contributed by atoms with Crippen molar-refractivity contribution in [2.24, 2.45) is 5.92 Å². The molecule has 2 aliphatic rings. The molecule has 5 nitrogen and oxygen atoms in total. The van der Waals surface area contributed by atoms with Crippen LogP contribution in [0.2, 0.25) is 0 Å². The molecule has 2 aromatic carbocycles. The van der Waals surface area contributed by atoms with Gasteiger partial charge in [-0.05, 0) is 24.3 Å². The maximum absolute atomic E-state index is 11.2. The molecule has 6 heteroatoms. The number of nitrogens with zero attached hydrogens (tertiary/aromatic N) is 1. The molecule has 1 aliphatic heterocycles. The molecule has 170 valence electrons. The van der Waals surface area contributed by atoms with Gasteiger partial charge in [-0.3, -0.25) is 0 Å². The Balaban J connectivity index is 0.000000215. The van der Waals surface area contributed by atoms with Gasteiger partial charge in [-0.1, -0.05) is 73.5 Å². The van der Waals surface area contributed by atoms with E-state index in [2.05, 4.69) is 31.3 Å². The molecule has 4 rings (SSSR count). The van der Waals surface area contributed by atoms with Crippen molar-refractivity contribution in [2.45, 2.75) is 50.4 Å². The van der Waals surface area contributed by atoms with Crippen LogP contribution in [0.15, 0.2) is 60.7 Å². The molecule has 1 aliphatic carbocycles. The Kier molecular flexibility index (Phi) is 9.25. The summed E-state index contributed by atoms with van der Waals surface area (Å²) in [6.07, 6.45) is 4.31. The first kappa shape index (κ1) is 25.5. The average Bonchev–Trinajstić information content (AvgIpc) is 3.39. The van der Waals surface area contributed by atoms with E-state index in [0.717, 1.165) is 56.2 Å². The van der Waals surface area contributed by atoms with Crippen LogP contribution >= 0.6 is 0 Å². The zero-order valence-electron chi connectivity index (χ0n) is 18.1. The van der Waals surface area contributed by atoms with Crippen LogP contribution in [-0.2, 0) is 16.9 Å². The number of rotatable bonds is 5. The molecule has 0 radical (unpaired) electrons. The Hall–Kier alpha value is -1.73. The van der Waals surface area contributed by atoms with E-state index in [0.29, 0.717) is 5.56 Å². The summed E-state index contributed by atoms with van der Waals surface area (Å²) in [7, 11) is 2.23. The zero-order chi connectivity index (χ0) is 21.6. The third-order valence-corrected chi connectivity index (χ3v) is 6.53. The van der Waals surface area contributed by atoms with Crippen LogP contribution in [0.1, 0.15) is 43.2 Å². The number of halogens is 1. The second-order valence-electron chi connectivity index (χ2n) is 9.01. The van der Waals surface area contributed by atoms with Crippen molar-refractivity contribution in [1.29, 1.82) is 0 Å². The number of aliphatic hydroxyl groups excluding tert-OH is 1. The fourth-order valence-electron chi connectivity index (χ4n) is 4.88. The van der Waals surface area contributed by atoms with Gasteiger partial charge in [-0.2, -0.15) is 0 Å². The standard InChI is InChI=1S/C13H16O3.C12H18NO.BrH/c14-12(15)13(16,11-8-4-5-9-11)10-6-2-1-3-7-10;1-13(8-7-12(14)10-13)9-11-5-3-2-4-6-11;/h1-3,6-7,11,16H,4-5,8-9H2,(H,14,15);2-6,12,14H,7-10H2,1H3;1H/q;+1;/p-2. The molecule has 0 spiro atoms. The van der Waals surface area contributed by atoms with Crippen LogP contribution in [0.25, 0.3) is 0 Å². The highest BCUT2D eigenvalue weighted by Gasteiger charge is 2.41. The Morgan fingerprint density at radius 3 is 2.06 bits per heavy atom. The number of carbonyl (C=O) groups excluding carboxylic acids is 1. The number of carbonyl (C=O) groups is 1. The number of benzene rings is 2. The van der Waals surface area contributed by atoms with Crippen LogP contribution in [0.3, 0.4) is 0 Å². The average molecular weight is 491 g/mol. The van der Waals surface area contributed by atoms with Gasteiger partial charge in [0.2, 0.25) is 0 Å². The second-order valence-corrected chi connectivity index (χ2v) is 9.01. The second kappa shape index (κ2) is 11.2. The topological polar surface area (TPSA) is 80.6 Å². The first-order valence-electron chi connectivity index (χ1n) is 10.9. The molecule has 2 fully saturated rings. The van der Waals surface area contributed by atoms with Crippen LogP contribution < -0.4 is 22.1 Å². The number of hydrogen-bond acceptors (Lipinski definition) is 4. The Labute approximate surface area is 195 Å². The number of carboxylic acids is 1. The Morgan fingerprint density at radius 1 is 1.03 bits per heavy atom. The lowest BCUT2D eigenvalue weighted by molar-refractivity contribution is -0.912. The van der Waals surface area contributed by atoms with E-state index in [1.165, 1.54) is 5.56 Å². The number of quaternary nitrogens is 1. The van der Waals surface area contributed by atoms with Gasteiger partial charge in [0.25, 0.3) is 0 Å². The number of likely N-dealkylation sites (N-methyl/N-ethyl adjacent to an activating group) is 1. The molecule has 1 heterocycles. The predicted octanol–water partition coefficient (Wildman–Crippen LogP) is -0.784. The predicted molar refractivity (Wildman–Crippen MR) is 114 cm³/mol.